The molecule has 2 aromatic carbocycles. The van der Waals surface area contributed by atoms with Crippen molar-refractivity contribution in [3.8, 4) is 0 Å². The minimum atomic E-state index is -0.301. The predicted octanol–water partition coefficient (Wildman–Crippen LogP) is 5.23. The highest BCUT2D eigenvalue weighted by Crippen LogP contribution is 2.34. The molecule has 2 heterocycles. The summed E-state index contributed by atoms with van der Waals surface area (Å²) in [6.07, 6.45) is 1.66. The number of rotatable bonds is 4. The maximum atomic E-state index is 12.8. The summed E-state index contributed by atoms with van der Waals surface area (Å²) < 4.78 is 0.820. The van der Waals surface area contributed by atoms with Crippen molar-refractivity contribution in [3.63, 3.8) is 0 Å². The van der Waals surface area contributed by atoms with Crippen molar-refractivity contribution >= 4 is 50.6 Å². The maximum Gasteiger partial charge on any atom is 0.322 e. The highest BCUT2D eigenvalue weighted by atomic mass is 79.9. The molecule has 154 valence electrons. The summed E-state index contributed by atoms with van der Waals surface area (Å²) in [6, 6.07) is 14.7. The Balaban J connectivity index is 1.45. The molecule has 3 amide bonds. The van der Waals surface area contributed by atoms with Gasteiger partial charge >= 0.3 is 6.03 Å². The Morgan fingerprint density at radius 3 is 2.63 bits per heavy atom. The topological polar surface area (TPSA) is 87.2 Å². The zero-order valence-corrected chi connectivity index (χ0v) is 18.7. The lowest BCUT2D eigenvalue weighted by Crippen LogP contribution is -2.34. The van der Waals surface area contributed by atoms with Crippen LogP contribution in [-0.4, -0.2) is 33.6 Å². The Labute approximate surface area is 186 Å². The van der Waals surface area contributed by atoms with Gasteiger partial charge in [-0.3, -0.25) is 4.79 Å². The molecule has 7 nitrogen and oxygen atoms in total. The molecule has 3 aromatic rings. The van der Waals surface area contributed by atoms with E-state index in [1.807, 2.05) is 55.5 Å². The van der Waals surface area contributed by atoms with E-state index in [2.05, 4.69) is 36.8 Å². The number of benzene rings is 2. The molecule has 1 unspecified atom stereocenters. The van der Waals surface area contributed by atoms with Crippen molar-refractivity contribution < 1.29 is 9.59 Å². The lowest BCUT2D eigenvalue weighted by Gasteiger charge is -2.23. The van der Waals surface area contributed by atoms with Gasteiger partial charge in [-0.2, -0.15) is 0 Å². The second-order valence-corrected chi connectivity index (χ2v) is 8.89. The number of hydrogen-bond donors (Lipinski definition) is 2. The fraction of sp³-hybridized carbons (Fsp3) is 0.238. The SMILES string of the molecule is Cc1ccc(NC(=O)c2nnc(C3CCCN3C(=O)Nc3ccccc3Br)s2)cc1. The number of aromatic nitrogens is 2. The third kappa shape index (κ3) is 4.52. The van der Waals surface area contributed by atoms with E-state index >= 15 is 0 Å². The second-order valence-electron chi connectivity index (χ2n) is 7.03. The number of nitrogens with one attached hydrogen (secondary N) is 2. The number of urea groups is 1. The Hall–Kier alpha value is -2.78. The van der Waals surface area contributed by atoms with E-state index in [1.165, 1.54) is 11.3 Å². The van der Waals surface area contributed by atoms with E-state index in [1.54, 1.807) is 4.90 Å². The van der Waals surface area contributed by atoms with Crippen LogP contribution in [0.3, 0.4) is 0 Å². The number of amides is 3. The van der Waals surface area contributed by atoms with E-state index in [0.717, 1.165) is 22.9 Å². The molecule has 0 bridgehead atoms. The number of carbonyl (C=O) groups is 2. The standard InChI is InChI=1S/C21H20BrN5O2S/c1-13-8-10-14(11-9-13)23-18(28)20-26-25-19(30-20)17-7-4-12-27(17)21(29)24-16-6-3-2-5-15(16)22/h2-3,5-6,8-11,17H,4,7,12H2,1H3,(H,23,28)(H,24,29). The van der Waals surface area contributed by atoms with Crippen molar-refractivity contribution in [1.29, 1.82) is 0 Å². The van der Waals surface area contributed by atoms with Crippen molar-refractivity contribution in [2.75, 3.05) is 17.2 Å². The van der Waals surface area contributed by atoms with E-state index in [4.69, 9.17) is 0 Å². The molecule has 1 aliphatic rings. The number of hydrogen-bond acceptors (Lipinski definition) is 5. The van der Waals surface area contributed by atoms with Crippen LogP contribution in [0, 0.1) is 6.92 Å². The fourth-order valence-electron chi connectivity index (χ4n) is 3.30. The summed E-state index contributed by atoms with van der Waals surface area (Å²) in [5.74, 6) is -0.301. The summed E-state index contributed by atoms with van der Waals surface area (Å²) in [7, 11) is 0. The van der Waals surface area contributed by atoms with E-state index < -0.39 is 0 Å². The number of anilines is 2. The zero-order valence-electron chi connectivity index (χ0n) is 16.3. The van der Waals surface area contributed by atoms with Crippen LogP contribution in [0.15, 0.2) is 53.0 Å². The van der Waals surface area contributed by atoms with Gasteiger partial charge < -0.3 is 15.5 Å². The quantitative estimate of drug-likeness (QED) is 0.529. The van der Waals surface area contributed by atoms with Gasteiger partial charge in [0.15, 0.2) is 0 Å². The molecule has 2 N–H and O–H groups in total. The number of likely N-dealkylation sites (tertiary alicyclic amines) is 1. The lowest BCUT2D eigenvalue weighted by atomic mass is 10.2. The average Bonchev–Trinajstić information content (AvgIpc) is 3.40. The average molecular weight is 486 g/mol. The van der Waals surface area contributed by atoms with Gasteiger partial charge in [-0.05, 0) is 60.0 Å². The third-order valence-corrected chi connectivity index (χ3v) is 6.57. The molecule has 4 rings (SSSR count). The van der Waals surface area contributed by atoms with Crippen LogP contribution in [0.1, 0.15) is 39.3 Å². The zero-order chi connectivity index (χ0) is 21.1. The highest BCUT2D eigenvalue weighted by molar-refractivity contribution is 9.10. The molecule has 0 aliphatic carbocycles. The molecule has 1 fully saturated rings. The number of para-hydroxylation sites is 1. The van der Waals surface area contributed by atoms with E-state index in [-0.39, 0.29) is 23.0 Å². The Morgan fingerprint density at radius 1 is 1.10 bits per heavy atom. The lowest BCUT2D eigenvalue weighted by molar-refractivity contribution is 0.102. The van der Waals surface area contributed by atoms with Crippen LogP contribution in [-0.2, 0) is 0 Å². The molecule has 1 aliphatic heterocycles. The molecule has 0 radical (unpaired) electrons. The fourth-order valence-corrected chi connectivity index (χ4v) is 4.57. The van der Waals surface area contributed by atoms with Crippen LogP contribution in [0.25, 0.3) is 0 Å². The summed E-state index contributed by atoms with van der Waals surface area (Å²) in [5.41, 5.74) is 2.54. The minimum Gasteiger partial charge on any atom is -0.320 e. The van der Waals surface area contributed by atoms with Crippen LogP contribution in [0.5, 0.6) is 0 Å². The van der Waals surface area contributed by atoms with Crippen LogP contribution < -0.4 is 10.6 Å². The highest BCUT2D eigenvalue weighted by Gasteiger charge is 2.33. The van der Waals surface area contributed by atoms with E-state index in [0.29, 0.717) is 22.9 Å². The van der Waals surface area contributed by atoms with E-state index in [9.17, 15) is 9.59 Å². The Morgan fingerprint density at radius 2 is 1.87 bits per heavy atom. The summed E-state index contributed by atoms with van der Waals surface area (Å²) in [6.45, 7) is 2.62. The first-order valence-electron chi connectivity index (χ1n) is 9.55. The number of halogens is 1. The van der Waals surface area contributed by atoms with Gasteiger partial charge in [-0.25, -0.2) is 4.79 Å². The molecule has 0 saturated carbocycles. The number of aryl methyl sites for hydroxylation is 1. The summed E-state index contributed by atoms with van der Waals surface area (Å²) >= 11 is 4.67. The Bertz CT molecular complexity index is 1070. The molecule has 1 aromatic heterocycles. The first-order valence-corrected chi connectivity index (χ1v) is 11.2. The van der Waals surface area contributed by atoms with Gasteiger partial charge in [0.2, 0.25) is 5.01 Å². The largest absolute Gasteiger partial charge is 0.322 e. The van der Waals surface area contributed by atoms with Crippen LogP contribution in [0.2, 0.25) is 0 Å². The second kappa shape index (κ2) is 8.93. The normalized spacial score (nSPS) is 15.8. The molecule has 0 spiro atoms. The number of carbonyl (C=O) groups excluding carboxylic acids is 2. The van der Waals surface area contributed by atoms with Gasteiger partial charge in [0.05, 0.1) is 11.7 Å². The predicted molar refractivity (Wildman–Crippen MR) is 121 cm³/mol. The summed E-state index contributed by atoms with van der Waals surface area (Å²) in [4.78, 5) is 27.1. The van der Waals surface area contributed by atoms with Gasteiger partial charge in [0.1, 0.15) is 5.01 Å². The molecule has 1 atom stereocenters. The maximum absolute atomic E-state index is 12.8. The summed E-state index contributed by atoms with van der Waals surface area (Å²) in [5, 5.41) is 15.0. The van der Waals surface area contributed by atoms with Crippen molar-refractivity contribution in [1.82, 2.24) is 15.1 Å². The van der Waals surface area contributed by atoms with Gasteiger partial charge in [0.25, 0.3) is 5.91 Å². The molecular formula is C21H20BrN5O2S. The first-order chi connectivity index (χ1) is 14.5. The first kappa shape index (κ1) is 20.5. The minimum absolute atomic E-state index is 0.189. The van der Waals surface area contributed by atoms with Gasteiger partial charge in [-0.1, -0.05) is 41.2 Å². The monoisotopic (exact) mass is 485 g/mol. The van der Waals surface area contributed by atoms with Crippen molar-refractivity contribution in [2.45, 2.75) is 25.8 Å². The third-order valence-electron chi connectivity index (χ3n) is 4.86. The number of nitrogens with zero attached hydrogens (tertiary/aromatic N) is 3. The molecular weight excluding hydrogens is 466 g/mol. The molecule has 9 heteroatoms. The van der Waals surface area contributed by atoms with Gasteiger partial charge in [-0.15, -0.1) is 10.2 Å². The Kier molecular flexibility index (Phi) is 6.10. The van der Waals surface area contributed by atoms with Crippen LogP contribution in [0.4, 0.5) is 16.2 Å². The van der Waals surface area contributed by atoms with Crippen molar-refractivity contribution in [3.05, 3.63) is 68.6 Å². The van der Waals surface area contributed by atoms with Crippen LogP contribution >= 0.6 is 27.3 Å². The molecule has 1 saturated heterocycles. The van der Waals surface area contributed by atoms with Gasteiger partial charge in [0, 0.05) is 16.7 Å². The smallest absolute Gasteiger partial charge is 0.320 e. The molecule has 30 heavy (non-hydrogen) atoms. The van der Waals surface area contributed by atoms with Crippen molar-refractivity contribution in [2.24, 2.45) is 0 Å².